The van der Waals surface area contributed by atoms with E-state index in [1.807, 2.05) is 6.92 Å². The highest BCUT2D eigenvalue weighted by Gasteiger charge is 2.18. The lowest BCUT2D eigenvalue weighted by molar-refractivity contribution is -0.133. The van der Waals surface area contributed by atoms with Gasteiger partial charge >= 0.3 is 5.97 Å². The molecule has 2 aromatic rings. The third-order valence-electron chi connectivity index (χ3n) is 2.73. The SMILES string of the molecule is CC(c1cccc(F)c1)n1c(N)nnc1SCC(=O)O. The van der Waals surface area contributed by atoms with Gasteiger partial charge in [0.05, 0.1) is 11.8 Å². The molecule has 0 saturated carbocycles. The number of carbonyl (C=O) groups is 1. The molecule has 1 heterocycles. The number of benzene rings is 1. The minimum Gasteiger partial charge on any atom is -0.481 e. The van der Waals surface area contributed by atoms with Crippen LogP contribution in [0.2, 0.25) is 0 Å². The number of halogens is 1. The summed E-state index contributed by atoms with van der Waals surface area (Å²) in [4.78, 5) is 10.6. The molecule has 106 valence electrons. The van der Waals surface area contributed by atoms with Crippen molar-refractivity contribution < 1.29 is 14.3 Å². The average molecular weight is 296 g/mol. The van der Waals surface area contributed by atoms with Crippen molar-refractivity contribution in [1.29, 1.82) is 0 Å². The van der Waals surface area contributed by atoms with Crippen LogP contribution in [0.3, 0.4) is 0 Å². The predicted octanol–water partition coefficient (Wildman–Crippen LogP) is 1.79. The van der Waals surface area contributed by atoms with Gasteiger partial charge in [-0.25, -0.2) is 4.39 Å². The Balaban J connectivity index is 2.31. The maximum Gasteiger partial charge on any atom is 0.313 e. The maximum absolute atomic E-state index is 13.3. The summed E-state index contributed by atoms with van der Waals surface area (Å²) in [6.07, 6.45) is 0. The zero-order valence-corrected chi connectivity index (χ0v) is 11.5. The summed E-state index contributed by atoms with van der Waals surface area (Å²) < 4.78 is 14.9. The Morgan fingerprint density at radius 2 is 2.30 bits per heavy atom. The lowest BCUT2D eigenvalue weighted by Gasteiger charge is -2.16. The highest BCUT2D eigenvalue weighted by Crippen LogP contribution is 2.27. The Morgan fingerprint density at radius 3 is 2.95 bits per heavy atom. The number of nitrogen functional groups attached to an aromatic ring is 1. The standard InChI is InChI=1S/C12H13FN4O2S/c1-7(8-3-2-4-9(13)5-8)17-11(14)15-16-12(17)20-6-10(18)19/h2-5,7H,6H2,1H3,(H2,14,15)(H,18,19). The molecule has 1 aromatic heterocycles. The van der Waals surface area contributed by atoms with E-state index >= 15 is 0 Å². The number of carboxylic acids is 1. The molecule has 1 aromatic carbocycles. The molecule has 0 fully saturated rings. The third-order valence-corrected chi connectivity index (χ3v) is 3.66. The molecular formula is C12H13FN4O2S. The van der Waals surface area contributed by atoms with Crippen LogP contribution in [0.5, 0.6) is 0 Å². The van der Waals surface area contributed by atoms with Crippen molar-refractivity contribution in [2.45, 2.75) is 18.1 Å². The maximum atomic E-state index is 13.3. The van der Waals surface area contributed by atoms with Gasteiger partial charge in [-0.15, -0.1) is 10.2 Å². The summed E-state index contributed by atoms with van der Waals surface area (Å²) in [5.74, 6) is -1.29. The molecule has 2 rings (SSSR count). The van der Waals surface area contributed by atoms with Gasteiger partial charge in [-0.2, -0.15) is 0 Å². The van der Waals surface area contributed by atoms with Gasteiger partial charge in [0.1, 0.15) is 5.82 Å². The van der Waals surface area contributed by atoms with Crippen LogP contribution in [0.1, 0.15) is 18.5 Å². The molecule has 3 N–H and O–H groups in total. The molecule has 1 unspecified atom stereocenters. The first-order valence-corrected chi connectivity index (χ1v) is 6.78. The first-order chi connectivity index (χ1) is 9.49. The van der Waals surface area contributed by atoms with Crippen molar-refractivity contribution in [3.05, 3.63) is 35.6 Å². The van der Waals surface area contributed by atoms with Gasteiger partial charge in [-0.05, 0) is 24.6 Å². The number of aromatic nitrogens is 3. The topological polar surface area (TPSA) is 94.0 Å². The summed E-state index contributed by atoms with van der Waals surface area (Å²) in [6.45, 7) is 1.82. The molecule has 0 amide bonds. The second kappa shape index (κ2) is 5.91. The van der Waals surface area contributed by atoms with Gasteiger partial charge < -0.3 is 10.8 Å². The van der Waals surface area contributed by atoms with E-state index in [0.29, 0.717) is 10.7 Å². The van der Waals surface area contributed by atoms with Crippen molar-refractivity contribution in [3.63, 3.8) is 0 Å². The third kappa shape index (κ3) is 3.08. The van der Waals surface area contributed by atoms with Crippen molar-refractivity contribution >= 4 is 23.7 Å². The number of hydrogen-bond donors (Lipinski definition) is 2. The quantitative estimate of drug-likeness (QED) is 0.817. The van der Waals surface area contributed by atoms with E-state index in [1.54, 1.807) is 16.7 Å². The fraction of sp³-hybridized carbons (Fsp3) is 0.250. The van der Waals surface area contributed by atoms with Crippen molar-refractivity contribution in [2.24, 2.45) is 0 Å². The molecule has 0 spiro atoms. The van der Waals surface area contributed by atoms with Crippen molar-refractivity contribution in [1.82, 2.24) is 14.8 Å². The van der Waals surface area contributed by atoms with Crippen LogP contribution in [-0.4, -0.2) is 31.6 Å². The fourth-order valence-corrected chi connectivity index (χ4v) is 2.53. The summed E-state index contributed by atoms with van der Waals surface area (Å²) in [6, 6.07) is 5.82. The number of anilines is 1. The summed E-state index contributed by atoms with van der Waals surface area (Å²) in [5, 5.41) is 16.7. The van der Waals surface area contributed by atoms with Gasteiger partial charge in [0.2, 0.25) is 5.95 Å². The van der Waals surface area contributed by atoms with E-state index in [1.165, 1.54) is 12.1 Å². The molecule has 1 atom stereocenters. The van der Waals surface area contributed by atoms with E-state index in [-0.39, 0.29) is 23.6 Å². The molecule has 0 bridgehead atoms. The lowest BCUT2D eigenvalue weighted by Crippen LogP contribution is -2.12. The first-order valence-electron chi connectivity index (χ1n) is 5.79. The van der Waals surface area contributed by atoms with Gasteiger partial charge in [0.25, 0.3) is 0 Å². The number of nitrogens with zero attached hydrogens (tertiary/aromatic N) is 3. The minimum atomic E-state index is -0.957. The Morgan fingerprint density at radius 1 is 1.55 bits per heavy atom. The Kier molecular flexibility index (Phi) is 4.23. The summed E-state index contributed by atoms with van der Waals surface area (Å²) in [7, 11) is 0. The zero-order chi connectivity index (χ0) is 14.7. The second-order valence-corrected chi connectivity index (χ2v) is 5.07. The van der Waals surface area contributed by atoms with E-state index in [9.17, 15) is 9.18 Å². The van der Waals surface area contributed by atoms with Gasteiger partial charge in [-0.3, -0.25) is 9.36 Å². The zero-order valence-electron chi connectivity index (χ0n) is 10.7. The Labute approximate surface area is 118 Å². The highest BCUT2D eigenvalue weighted by atomic mass is 32.2. The molecule has 0 aliphatic rings. The number of hydrogen-bond acceptors (Lipinski definition) is 5. The number of carboxylic acid groups (broad SMARTS) is 1. The van der Waals surface area contributed by atoms with Crippen LogP contribution < -0.4 is 5.73 Å². The number of rotatable bonds is 5. The molecule has 0 aliphatic heterocycles. The minimum absolute atomic E-state index is 0.145. The Hall–Kier alpha value is -2.09. The smallest absolute Gasteiger partial charge is 0.313 e. The Bertz CT molecular complexity index is 632. The van der Waals surface area contributed by atoms with Crippen LogP contribution in [0.15, 0.2) is 29.4 Å². The number of aliphatic carboxylic acids is 1. The van der Waals surface area contributed by atoms with Crippen molar-refractivity contribution in [3.8, 4) is 0 Å². The fourth-order valence-electron chi connectivity index (χ4n) is 1.79. The average Bonchev–Trinajstić information content (AvgIpc) is 2.76. The molecule has 6 nitrogen and oxygen atoms in total. The summed E-state index contributed by atoms with van der Waals surface area (Å²) in [5.41, 5.74) is 6.46. The molecular weight excluding hydrogens is 283 g/mol. The summed E-state index contributed by atoms with van der Waals surface area (Å²) >= 11 is 1.02. The van der Waals surface area contributed by atoms with Crippen LogP contribution in [0.4, 0.5) is 10.3 Å². The van der Waals surface area contributed by atoms with Crippen molar-refractivity contribution in [2.75, 3.05) is 11.5 Å². The monoisotopic (exact) mass is 296 g/mol. The van der Waals surface area contributed by atoms with E-state index in [0.717, 1.165) is 11.8 Å². The van der Waals surface area contributed by atoms with Gasteiger partial charge in [-0.1, -0.05) is 23.9 Å². The lowest BCUT2D eigenvalue weighted by atomic mass is 10.1. The molecule has 0 aliphatic carbocycles. The van der Waals surface area contributed by atoms with Crippen LogP contribution in [0.25, 0.3) is 0 Å². The number of thioether (sulfide) groups is 1. The molecule has 8 heteroatoms. The van der Waals surface area contributed by atoms with Crippen LogP contribution in [-0.2, 0) is 4.79 Å². The largest absolute Gasteiger partial charge is 0.481 e. The molecule has 20 heavy (non-hydrogen) atoms. The molecule has 0 radical (unpaired) electrons. The first kappa shape index (κ1) is 14.3. The van der Waals surface area contributed by atoms with Crippen LogP contribution in [0, 0.1) is 5.82 Å². The van der Waals surface area contributed by atoms with E-state index < -0.39 is 5.97 Å². The highest BCUT2D eigenvalue weighted by molar-refractivity contribution is 7.99. The van der Waals surface area contributed by atoms with Gasteiger partial charge in [0.15, 0.2) is 5.16 Å². The van der Waals surface area contributed by atoms with E-state index in [2.05, 4.69) is 10.2 Å². The predicted molar refractivity (Wildman–Crippen MR) is 73.0 cm³/mol. The van der Waals surface area contributed by atoms with Gasteiger partial charge in [0, 0.05) is 0 Å². The molecule has 0 saturated heterocycles. The normalized spacial score (nSPS) is 12.3. The van der Waals surface area contributed by atoms with Crippen LogP contribution >= 0.6 is 11.8 Å². The second-order valence-electron chi connectivity index (χ2n) is 4.12. The van der Waals surface area contributed by atoms with E-state index in [4.69, 9.17) is 10.8 Å². The number of nitrogens with two attached hydrogens (primary N) is 1.